The van der Waals surface area contributed by atoms with Gasteiger partial charge in [0, 0.05) is 25.0 Å². The van der Waals surface area contributed by atoms with Gasteiger partial charge < -0.3 is 15.4 Å². The molecule has 3 heterocycles. The number of hydrogen-bond donors (Lipinski definition) is 3. The molecule has 13 heteroatoms. The minimum Gasteiger partial charge on any atom is -0.435 e. The molecule has 0 aliphatic carbocycles. The average Bonchev–Trinajstić information content (AvgIpc) is 2.93. The number of piperidine rings is 1. The molecule has 1 unspecified atom stereocenters. The van der Waals surface area contributed by atoms with E-state index in [0.717, 1.165) is 38.1 Å². The van der Waals surface area contributed by atoms with E-state index in [9.17, 15) is 17.2 Å². The van der Waals surface area contributed by atoms with Crippen LogP contribution in [0.2, 0.25) is 0 Å². The van der Waals surface area contributed by atoms with E-state index in [1.54, 1.807) is 38.2 Å². The van der Waals surface area contributed by atoms with Crippen molar-refractivity contribution in [1.82, 2.24) is 20.3 Å². The van der Waals surface area contributed by atoms with Crippen molar-refractivity contribution in [2.24, 2.45) is 5.41 Å². The smallest absolute Gasteiger partial charge is 0.232 e. The molecule has 4 rings (SSSR count). The molecule has 2 aromatic heterocycles. The molecule has 39 heavy (non-hydrogen) atoms. The predicted molar refractivity (Wildman–Crippen MR) is 143 cm³/mol. The number of halogens is 2. The van der Waals surface area contributed by atoms with Gasteiger partial charge in [-0.15, -0.1) is 0 Å². The SMILES string of the molecule is CC(C)(C#N)CCS(=O)(=O)Nc1ccc(Oc2ncccc2-c2ccnc(NC3CCCNC3)n2)c(F)c1F. The van der Waals surface area contributed by atoms with Gasteiger partial charge in [0.15, 0.2) is 11.6 Å². The Hall–Kier alpha value is -3.89. The molecule has 1 aliphatic rings. The lowest BCUT2D eigenvalue weighted by atomic mass is 9.93. The Labute approximate surface area is 225 Å². The lowest BCUT2D eigenvalue weighted by Crippen LogP contribution is -2.38. The number of benzene rings is 1. The Balaban J connectivity index is 1.53. The Kier molecular flexibility index (Phi) is 8.57. The van der Waals surface area contributed by atoms with Gasteiger partial charge in [-0.3, -0.25) is 4.72 Å². The molecule has 0 bridgehead atoms. The summed E-state index contributed by atoms with van der Waals surface area (Å²) in [6.45, 7) is 4.95. The third-order valence-electron chi connectivity index (χ3n) is 6.15. The zero-order valence-corrected chi connectivity index (χ0v) is 22.4. The Bertz CT molecular complexity index is 1470. The van der Waals surface area contributed by atoms with Crippen molar-refractivity contribution < 1.29 is 21.9 Å². The lowest BCUT2D eigenvalue weighted by Gasteiger charge is -2.23. The van der Waals surface area contributed by atoms with Gasteiger partial charge in [0.2, 0.25) is 27.7 Å². The van der Waals surface area contributed by atoms with E-state index >= 15 is 0 Å². The van der Waals surface area contributed by atoms with Crippen LogP contribution in [0, 0.1) is 28.4 Å². The number of sulfonamides is 1. The molecule has 1 aromatic carbocycles. The third-order valence-corrected chi connectivity index (χ3v) is 7.42. The summed E-state index contributed by atoms with van der Waals surface area (Å²) in [6, 6.07) is 9.34. The van der Waals surface area contributed by atoms with Crippen LogP contribution in [0.1, 0.15) is 33.1 Å². The normalized spacial score (nSPS) is 15.8. The number of nitrogens with zero attached hydrogens (tertiary/aromatic N) is 4. The van der Waals surface area contributed by atoms with Crippen LogP contribution in [0.4, 0.5) is 20.4 Å². The molecule has 3 N–H and O–H groups in total. The quantitative estimate of drug-likeness (QED) is 0.329. The Morgan fingerprint density at radius 2 is 2.00 bits per heavy atom. The summed E-state index contributed by atoms with van der Waals surface area (Å²) < 4.78 is 62.2. The van der Waals surface area contributed by atoms with Gasteiger partial charge in [0.1, 0.15) is 0 Å². The first-order valence-electron chi connectivity index (χ1n) is 12.4. The summed E-state index contributed by atoms with van der Waals surface area (Å²) in [5, 5.41) is 15.7. The van der Waals surface area contributed by atoms with Crippen LogP contribution in [0.15, 0.2) is 42.7 Å². The maximum absolute atomic E-state index is 15.0. The van der Waals surface area contributed by atoms with Gasteiger partial charge in [-0.1, -0.05) is 0 Å². The Morgan fingerprint density at radius 3 is 2.74 bits per heavy atom. The van der Waals surface area contributed by atoms with Crippen molar-refractivity contribution in [2.45, 2.75) is 39.2 Å². The minimum atomic E-state index is -4.03. The zero-order chi connectivity index (χ0) is 28.0. The van der Waals surface area contributed by atoms with Crippen LogP contribution in [-0.2, 0) is 10.0 Å². The van der Waals surface area contributed by atoms with E-state index in [-0.39, 0.29) is 18.3 Å². The summed E-state index contributed by atoms with van der Waals surface area (Å²) in [7, 11) is -4.03. The summed E-state index contributed by atoms with van der Waals surface area (Å²) in [5.41, 5.74) is -0.566. The highest BCUT2D eigenvalue weighted by Gasteiger charge is 2.24. The van der Waals surface area contributed by atoms with Crippen molar-refractivity contribution in [3.05, 3.63) is 54.4 Å². The molecular weight excluding hydrogens is 528 g/mol. The molecule has 10 nitrogen and oxygen atoms in total. The van der Waals surface area contributed by atoms with E-state index in [1.807, 2.05) is 10.8 Å². The first-order chi connectivity index (χ1) is 18.6. The molecule has 1 atom stereocenters. The zero-order valence-electron chi connectivity index (χ0n) is 21.5. The molecule has 0 spiro atoms. The molecule has 1 saturated heterocycles. The highest BCUT2D eigenvalue weighted by Crippen LogP contribution is 2.34. The largest absolute Gasteiger partial charge is 0.435 e. The molecule has 3 aromatic rings. The van der Waals surface area contributed by atoms with Crippen molar-refractivity contribution in [1.29, 1.82) is 5.26 Å². The van der Waals surface area contributed by atoms with Gasteiger partial charge in [-0.05, 0) is 70.0 Å². The van der Waals surface area contributed by atoms with Crippen LogP contribution >= 0.6 is 0 Å². The van der Waals surface area contributed by atoms with E-state index in [1.165, 1.54) is 6.20 Å². The van der Waals surface area contributed by atoms with E-state index < -0.39 is 44.3 Å². The van der Waals surface area contributed by atoms with Crippen molar-refractivity contribution >= 4 is 21.7 Å². The topological polar surface area (TPSA) is 142 Å². The number of hydrogen-bond acceptors (Lipinski definition) is 9. The highest BCUT2D eigenvalue weighted by atomic mass is 32.2. The first-order valence-corrected chi connectivity index (χ1v) is 14.1. The third kappa shape index (κ3) is 7.36. The van der Waals surface area contributed by atoms with E-state index in [2.05, 4.69) is 25.6 Å². The summed E-state index contributed by atoms with van der Waals surface area (Å²) >= 11 is 0. The second kappa shape index (κ2) is 11.9. The molecule has 0 radical (unpaired) electrons. The summed E-state index contributed by atoms with van der Waals surface area (Å²) in [6.07, 6.45) is 5.06. The number of pyridine rings is 1. The molecule has 0 amide bonds. The summed E-state index contributed by atoms with van der Waals surface area (Å²) in [5.74, 6) is -3.34. The first kappa shape index (κ1) is 28.1. The van der Waals surface area contributed by atoms with Crippen LogP contribution in [0.3, 0.4) is 0 Å². The van der Waals surface area contributed by atoms with Crippen molar-refractivity contribution in [2.75, 3.05) is 28.9 Å². The van der Waals surface area contributed by atoms with Gasteiger partial charge in [0.05, 0.1) is 34.2 Å². The molecule has 206 valence electrons. The summed E-state index contributed by atoms with van der Waals surface area (Å²) in [4.78, 5) is 13.0. The van der Waals surface area contributed by atoms with Gasteiger partial charge in [-0.2, -0.15) is 9.65 Å². The second-order valence-electron chi connectivity index (χ2n) is 9.82. The second-order valence-corrected chi connectivity index (χ2v) is 11.7. The Morgan fingerprint density at radius 1 is 1.18 bits per heavy atom. The van der Waals surface area contributed by atoms with E-state index in [4.69, 9.17) is 10.00 Å². The standard InChI is InChI=1S/C26H29F2N7O3S/c1-26(2,16-29)10-14-39(36,37)35-20-7-8-21(23(28)22(20)27)38-24-18(6-4-12-31-24)19-9-13-32-25(34-19)33-17-5-3-11-30-15-17/h4,6-9,12-13,17,30,35H,3,5,10-11,14-15H2,1-2H3,(H,32,33,34). The number of rotatable bonds is 10. The van der Waals surface area contributed by atoms with Crippen LogP contribution in [0.25, 0.3) is 11.3 Å². The molecule has 1 fully saturated rings. The number of ether oxygens (including phenoxy) is 1. The van der Waals surface area contributed by atoms with Crippen molar-refractivity contribution in [3.63, 3.8) is 0 Å². The fourth-order valence-electron chi connectivity index (χ4n) is 3.86. The number of aromatic nitrogens is 3. The number of anilines is 2. The number of nitriles is 1. The predicted octanol–water partition coefficient (Wildman–Crippen LogP) is 4.45. The fraction of sp³-hybridized carbons (Fsp3) is 0.385. The van der Waals surface area contributed by atoms with Gasteiger partial charge >= 0.3 is 0 Å². The minimum absolute atomic E-state index is 0.0183. The van der Waals surface area contributed by atoms with Crippen LogP contribution in [0.5, 0.6) is 11.6 Å². The highest BCUT2D eigenvalue weighted by molar-refractivity contribution is 7.92. The van der Waals surface area contributed by atoms with Crippen LogP contribution in [-0.4, -0.2) is 48.3 Å². The molecule has 1 aliphatic heterocycles. The molecule has 0 saturated carbocycles. The van der Waals surface area contributed by atoms with E-state index in [0.29, 0.717) is 17.2 Å². The van der Waals surface area contributed by atoms with Crippen LogP contribution < -0.4 is 20.1 Å². The molecular formula is C26H29F2N7O3S. The monoisotopic (exact) mass is 557 g/mol. The maximum atomic E-state index is 15.0. The van der Waals surface area contributed by atoms with Gasteiger partial charge in [0.25, 0.3) is 0 Å². The maximum Gasteiger partial charge on any atom is 0.232 e. The lowest BCUT2D eigenvalue weighted by molar-refractivity contribution is 0.407. The number of nitrogens with one attached hydrogen (secondary N) is 3. The average molecular weight is 558 g/mol. The van der Waals surface area contributed by atoms with Crippen molar-refractivity contribution in [3.8, 4) is 29.0 Å². The fourth-order valence-corrected chi connectivity index (χ4v) is 5.23. The van der Waals surface area contributed by atoms with Gasteiger partial charge in [-0.25, -0.2) is 27.8 Å².